The molecule has 11 aromatic carbocycles. The van der Waals surface area contributed by atoms with Gasteiger partial charge in [-0.2, -0.15) is 0 Å². The summed E-state index contributed by atoms with van der Waals surface area (Å²) in [6.07, 6.45) is 0. The fourth-order valence-electron chi connectivity index (χ4n) is 10.5. The van der Waals surface area contributed by atoms with Crippen molar-refractivity contribution in [2.45, 2.75) is 0 Å². The minimum Gasteiger partial charge on any atom is -0.456 e. The summed E-state index contributed by atoms with van der Waals surface area (Å²) in [6.45, 7) is 0. The molecule has 0 atom stereocenters. The molecule has 0 aliphatic heterocycles. The van der Waals surface area contributed by atoms with Gasteiger partial charge in [0, 0.05) is 43.1 Å². The standard InChI is InChI=1S/C58H30O4/c1-5-13-51-35(9-1)47-21-31(17-19-55(47)59-51)39-23-33-25-42-34(26-41(33)45-29-57-49(27-43(39)45)37-11-3-7-15-53(37)61-57)24-40(32-18-20-56-48(22-32)36-10-2-6-14-52(36)60-56)44-28-50-38-12-4-8-16-54(38)62-58(50)30-46(42)44/h1-30H. The Hall–Kier alpha value is -8.34. The molecule has 0 unspecified atom stereocenters. The summed E-state index contributed by atoms with van der Waals surface area (Å²) in [5.41, 5.74) is 11.7. The molecule has 286 valence electrons. The number of fused-ring (bicyclic) bond motifs is 18. The van der Waals surface area contributed by atoms with E-state index in [0.717, 1.165) is 132 Å². The summed E-state index contributed by atoms with van der Waals surface area (Å²) in [6, 6.07) is 65.2. The lowest BCUT2D eigenvalue weighted by molar-refractivity contribution is 0.668. The van der Waals surface area contributed by atoms with Crippen molar-refractivity contribution in [1.82, 2.24) is 0 Å². The second kappa shape index (κ2) is 11.7. The number of para-hydroxylation sites is 4. The smallest absolute Gasteiger partial charge is 0.136 e. The molecule has 15 rings (SSSR count). The zero-order chi connectivity index (χ0) is 40.2. The number of benzene rings is 11. The fraction of sp³-hybridized carbons (Fsp3) is 0. The summed E-state index contributed by atoms with van der Waals surface area (Å²) in [4.78, 5) is 0. The van der Waals surface area contributed by atoms with Crippen LogP contribution in [0.2, 0.25) is 0 Å². The lowest BCUT2D eigenvalue weighted by Gasteiger charge is -2.16. The van der Waals surface area contributed by atoms with E-state index in [1.54, 1.807) is 0 Å². The van der Waals surface area contributed by atoms with Crippen molar-refractivity contribution >= 4 is 131 Å². The molecule has 0 saturated carbocycles. The summed E-state index contributed by atoms with van der Waals surface area (Å²) in [5, 5.41) is 18.1. The van der Waals surface area contributed by atoms with Crippen LogP contribution in [0.15, 0.2) is 200 Å². The lowest BCUT2D eigenvalue weighted by atomic mass is 9.87. The SMILES string of the molecule is c1ccc2c(c1)oc1ccc(-c3cc4cc5c(cc(-c6ccc7oc8ccccc8c7c6)c6cc7c(cc65)oc5ccccc57)cc4c4cc5oc6ccccc6c5cc34)cc12. The van der Waals surface area contributed by atoms with Gasteiger partial charge in [-0.25, -0.2) is 0 Å². The predicted octanol–water partition coefficient (Wildman–Crippen LogP) is 17.2. The van der Waals surface area contributed by atoms with Crippen LogP contribution in [0.3, 0.4) is 0 Å². The van der Waals surface area contributed by atoms with Crippen molar-refractivity contribution in [2.24, 2.45) is 0 Å². The van der Waals surface area contributed by atoms with Gasteiger partial charge in [0.05, 0.1) is 0 Å². The molecule has 0 bridgehead atoms. The van der Waals surface area contributed by atoms with Gasteiger partial charge in [-0.1, -0.05) is 84.9 Å². The highest BCUT2D eigenvalue weighted by Crippen LogP contribution is 2.46. The van der Waals surface area contributed by atoms with E-state index in [0.29, 0.717) is 0 Å². The topological polar surface area (TPSA) is 52.6 Å². The summed E-state index contributed by atoms with van der Waals surface area (Å²) in [5.74, 6) is 0. The molecule has 0 amide bonds. The average molecular weight is 791 g/mol. The second-order valence-electron chi connectivity index (χ2n) is 16.7. The molecule has 0 fully saturated rings. The third-order valence-electron chi connectivity index (χ3n) is 13.4. The van der Waals surface area contributed by atoms with Gasteiger partial charge in [0.15, 0.2) is 0 Å². The molecule has 4 aromatic heterocycles. The van der Waals surface area contributed by atoms with Crippen molar-refractivity contribution in [2.75, 3.05) is 0 Å². The fourth-order valence-corrected chi connectivity index (χ4v) is 10.5. The van der Waals surface area contributed by atoms with Crippen LogP contribution in [0, 0.1) is 0 Å². The van der Waals surface area contributed by atoms with E-state index in [4.69, 9.17) is 17.7 Å². The van der Waals surface area contributed by atoms with Crippen molar-refractivity contribution in [3.8, 4) is 22.3 Å². The molecular weight excluding hydrogens is 761 g/mol. The zero-order valence-corrected chi connectivity index (χ0v) is 33.0. The van der Waals surface area contributed by atoms with Gasteiger partial charge in [-0.3, -0.25) is 0 Å². The van der Waals surface area contributed by atoms with Crippen molar-refractivity contribution in [3.05, 3.63) is 182 Å². The predicted molar refractivity (Wildman–Crippen MR) is 256 cm³/mol. The van der Waals surface area contributed by atoms with Gasteiger partial charge < -0.3 is 17.7 Å². The summed E-state index contributed by atoms with van der Waals surface area (Å²) < 4.78 is 25.7. The van der Waals surface area contributed by atoms with Crippen LogP contribution in [0.1, 0.15) is 0 Å². The van der Waals surface area contributed by atoms with E-state index in [-0.39, 0.29) is 0 Å². The number of furan rings is 4. The normalized spacial score (nSPS) is 12.5. The first-order valence-corrected chi connectivity index (χ1v) is 21.0. The van der Waals surface area contributed by atoms with Gasteiger partial charge in [0.1, 0.15) is 44.7 Å². The van der Waals surface area contributed by atoms with E-state index in [1.807, 2.05) is 36.4 Å². The molecule has 4 heterocycles. The minimum absolute atomic E-state index is 0.876. The van der Waals surface area contributed by atoms with Crippen LogP contribution in [-0.2, 0) is 0 Å². The zero-order valence-electron chi connectivity index (χ0n) is 33.0. The van der Waals surface area contributed by atoms with Gasteiger partial charge in [-0.15, -0.1) is 0 Å². The Morgan fingerprint density at radius 3 is 0.935 bits per heavy atom. The highest BCUT2D eigenvalue weighted by molar-refractivity contribution is 6.26. The molecule has 0 spiro atoms. The van der Waals surface area contributed by atoms with Crippen LogP contribution in [-0.4, -0.2) is 0 Å². The highest BCUT2D eigenvalue weighted by atomic mass is 16.3. The van der Waals surface area contributed by atoms with E-state index >= 15 is 0 Å². The molecule has 0 N–H and O–H groups in total. The molecule has 4 nitrogen and oxygen atoms in total. The number of rotatable bonds is 2. The Labute approximate surface area is 351 Å². The third kappa shape index (κ3) is 4.40. The third-order valence-corrected chi connectivity index (χ3v) is 13.4. The Balaban J connectivity index is 1.07. The van der Waals surface area contributed by atoms with Crippen LogP contribution in [0.5, 0.6) is 0 Å². The maximum absolute atomic E-state index is 6.57. The minimum atomic E-state index is 0.876. The average Bonchev–Trinajstić information content (AvgIpc) is 4.08. The van der Waals surface area contributed by atoms with Crippen LogP contribution >= 0.6 is 0 Å². The molecule has 4 heteroatoms. The van der Waals surface area contributed by atoms with Crippen LogP contribution in [0.4, 0.5) is 0 Å². The number of hydrogen-bond acceptors (Lipinski definition) is 4. The van der Waals surface area contributed by atoms with E-state index in [2.05, 4.69) is 146 Å². The molecule has 0 aliphatic carbocycles. The second-order valence-corrected chi connectivity index (χ2v) is 16.7. The van der Waals surface area contributed by atoms with Gasteiger partial charge >= 0.3 is 0 Å². The Morgan fingerprint density at radius 2 is 0.532 bits per heavy atom. The van der Waals surface area contributed by atoms with Gasteiger partial charge in [0.2, 0.25) is 0 Å². The first-order valence-electron chi connectivity index (χ1n) is 21.0. The molecule has 0 radical (unpaired) electrons. The first-order chi connectivity index (χ1) is 30.7. The Bertz CT molecular complexity index is 4170. The molecule has 15 aromatic rings. The molecule has 62 heavy (non-hydrogen) atoms. The van der Waals surface area contributed by atoms with Crippen molar-refractivity contribution in [3.63, 3.8) is 0 Å². The largest absolute Gasteiger partial charge is 0.456 e. The monoisotopic (exact) mass is 790 g/mol. The van der Waals surface area contributed by atoms with E-state index < -0.39 is 0 Å². The van der Waals surface area contributed by atoms with Crippen molar-refractivity contribution in [1.29, 1.82) is 0 Å². The maximum Gasteiger partial charge on any atom is 0.136 e. The van der Waals surface area contributed by atoms with Gasteiger partial charge in [-0.05, 0) is 162 Å². The molecule has 0 aliphatic rings. The van der Waals surface area contributed by atoms with Gasteiger partial charge in [0.25, 0.3) is 0 Å². The lowest BCUT2D eigenvalue weighted by Crippen LogP contribution is -1.89. The Morgan fingerprint density at radius 1 is 0.194 bits per heavy atom. The number of hydrogen-bond donors (Lipinski definition) is 0. The Kier molecular flexibility index (Phi) is 6.13. The highest BCUT2D eigenvalue weighted by Gasteiger charge is 2.20. The molecular formula is C58H30O4. The summed E-state index contributed by atoms with van der Waals surface area (Å²) >= 11 is 0. The van der Waals surface area contributed by atoms with Crippen LogP contribution < -0.4 is 0 Å². The summed E-state index contributed by atoms with van der Waals surface area (Å²) in [7, 11) is 0. The van der Waals surface area contributed by atoms with E-state index in [9.17, 15) is 0 Å². The van der Waals surface area contributed by atoms with Crippen molar-refractivity contribution < 1.29 is 17.7 Å². The maximum atomic E-state index is 6.57. The van der Waals surface area contributed by atoms with E-state index in [1.165, 1.54) is 21.5 Å². The molecule has 0 saturated heterocycles. The van der Waals surface area contributed by atoms with Crippen LogP contribution in [0.25, 0.3) is 153 Å². The first kappa shape index (κ1) is 32.5. The quantitative estimate of drug-likeness (QED) is 0.129.